The van der Waals surface area contributed by atoms with Gasteiger partial charge in [0.15, 0.2) is 0 Å². The van der Waals surface area contributed by atoms with Gasteiger partial charge in [0.25, 0.3) is 0 Å². The average Bonchev–Trinajstić information content (AvgIpc) is 2.25. The summed E-state index contributed by atoms with van der Waals surface area (Å²) in [5, 5.41) is 0. The molecule has 0 bridgehead atoms. The molecule has 0 aromatic heterocycles. The zero-order valence-electron chi connectivity index (χ0n) is 9.35. The third kappa shape index (κ3) is 4.00. The van der Waals surface area contributed by atoms with E-state index < -0.39 is 41.5 Å². The van der Waals surface area contributed by atoms with Crippen LogP contribution in [0.5, 0.6) is 5.75 Å². The molecule has 10 heteroatoms. The van der Waals surface area contributed by atoms with Crippen LogP contribution >= 0.6 is 0 Å². The van der Waals surface area contributed by atoms with Crippen LogP contribution in [-0.2, 0) is 6.18 Å². The molecule has 1 atom stereocenters. The number of carbonyl (C=O) groups excluding carboxylic acids is 1. The van der Waals surface area contributed by atoms with Gasteiger partial charge in [-0.25, -0.2) is 0 Å². The quantitative estimate of drug-likeness (QED) is 0.873. The standard InChI is InChI=1S/C10H6F7NO2/c11-8(10(15,16)17)20-6-2-4(7(18)19)1-5(3-6)9(12,13)14/h1-3,8H,(H2,18,19). The van der Waals surface area contributed by atoms with Gasteiger partial charge in [0, 0.05) is 5.56 Å². The Balaban J connectivity index is 3.20. The van der Waals surface area contributed by atoms with Crippen LogP contribution in [0.4, 0.5) is 30.7 Å². The molecule has 1 aromatic rings. The molecule has 0 heterocycles. The number of hydrogen-bond donors (Lipinski definition) is 1. The highest BCUT2D eigenvalue weighted by Crippen LogP contribution is 2.34. The molecule has 3 nitrogen and oxygen atoms in total. The fourth-order valence-corrected chi connectivity index (χ4v) is 1.16. The van der Waals surface area contributed by atoms with Crippen LogP contribution < -0.4 is 10.5 Å². The van der Waals surface area contributed by atoms with Crippen LogP contribution in [0.15, 0.2) is 18.2 Å². The number of amides is 1. The molecule has 0 saturated heterocycles. The smallest absolute Gasteiger partial charge is 0.452 e. The van der Waals surface area contributed by atoms with Crippen molar-refractivity contribution in [2.24, 2.45) is 5.73 Å². The molecule has 0 aliphatic rings. The maximum absolute atomic E-state index is 12.6. The highest BCUT2D eigenvalue weighted by Gasteiger charge is 2.43. The minimum Gasteiger partial charge on any atom is -0.452 e. The van der Waals surface area contributed by atoms with Gasteiger partial charge in [0.05, 0.1) is 5.56 Å². The van der Waals surface area contributed by atoms with Crippen molar-refractivity contribution in [3.8, 4) is 5.75 Å². The van der Waals surface area contributed by atoms with Crippen molar-refractivity contribution < 1.29 is 40.3 Å². The molecule has 1 unspecified atom stereocenters. The molecule has 1 aromatic carbocycles. The lowest BCUT2D eigenvalue weighted by atomic mass is 10.1. The lowest BCUT2D eigenvalue weighted by Gasteiger charge is -2.16. The summed E-state index contributed by atoms with van der Waals surface area (Å²) in [6.07, 6.45) is -14.2. The zero-order valence-corrected chi connectivity index (χ0v) is 9.35. The van der Waals surface area contributed by atoms with E-state index in [1.807, 2.05) is 0 Å². The molecule has 1 amide bonds. The van der Waals surface area contributed by atoms with E-state index in [0.29, 0.717) is 12.1 Å². The number of halogens is 7. The number of rotatable bonds is 3. The summed E-state index contributed by atoms with van der Waals surface area (Å²) in [5.41, 5.74) is 2.49. The molecular formula is C10H6F7NO2. The highest BCUT2D eigenvalue weighted by molar-refractivity contribution is 5.93. The first kappa shape index (κ1) is 16.1. The van der Waals surface area contributed by atoms with Gasteiger partial charge in [0.1, 0.15) is 5.75 Å². The molecule has 0 spiro atoms. The highest BCUT2D eigenvalue weighted by atomic mass is 19.4. The zero-order chi connectivity index (χ0) is 15.7. The van der Waals surface area contributed by atoms with Crippen molar-refractivity contribution >= 4 is 5.91 Å². The molecule has 112 valence electrons. The summed E-state index contributed by atoms with van der Waals surface area (Å²) in [6.45, 7) is 0. The second-order valence-corrected chi connectivity index (χ2v) is 3.58. The van der Waals surface area contributed by atoms with Gasteiger partial charge in [-0.3, -0.25) is 4.79 Å². The van der Waals surface area contributed by atoms with Gasteiger partial charge in [0.2, 0.25) is 5.91 Å². The van der Waals surface area contributed by atoms with Crippen LogP contribution in [0.25, 0.3) is 0 Å². The van der Waals surface area contributed by atoms with Gasteiger partial charge in [-0.05, 0) is 18.2 Å². The maximum atomic E-state index is 12.6. The van der Waals surface area contributed by atoms with E-state index in [4.69, 9.17) is 5.73 Å². The molecule has 0 aliphatic carbocycles. The van der Waals surface area contributed by atoms with Crippen molar-refractivity contribution in [2.45, 2.75) is 18.7 Å². The van der Waals surface area contributed by atoms with Crippen molar-refractivity contribution in [1.29, 1.82) is 0 Å². The molecule has 20 heavy (non-hydrogen) atoms. The Hall–Kier alpha value is -2.00. The third-order valence-electron chi connectivity index (χ3n) is 2.02. The SMILES string of the molecule is NC(=O)c1cc(OC(F)C(F)(F)F)cc(C(F)(F)F)c1. The third-order valence-corrected chi connectivity index (χ3v) is 2.02. The maximum Gasteiger partial charge on any atom is 0.457 e. The van der Waals surface area contributed by atoms with Gasteiger partial charge in [-0.2, -0.15) is 30.7 Å². The first-order valence-corrected chi connectivity index (χ1v) is 4.81. The number of alkyl halides is 7. The van der Waals surface area contributed by atoms with Crippen LogP contribution in [0.2, 0.25) is 0 Å². The van der Waals surface area contributed by atoms with E-state index in [1.165, 1.54) is 0 Å². The number of ether oxygens (including phenoxy) is 1. The van der Waals surface area contributed by atoms with Gasteiger partial charge < -0.3 is 10.5 Å². The lowest BCUT2D eigenvalue weighted by Crippen LogP contribution is -2.30. The number of carbonyl (C=O) groups is 1. The van der Waals surface area contributed by atoms with E-state index in [0.717, 1.165) is 0 Å². The Morgan fingerprint density at radius 1 is 1.10 bits per heavy atom. The monoisotopic (exact) mass is 305 g/mol. The Labute approximate surface area is 107 Å². The molecule has 0 aliphatic heterocycles. The van der Waals surface area contributed by atoms with E-state index in [9.17, 15) is 35.5 Å². The first-order chi connectivity index (χ1) is 8.91. The molecule has 0 radical (unpaired) electrons. The number of primary amides is 1. The van der Waals surface area contributed by atoms with Crippen molar-refractivity contribution in [3.05, 3.63) is 29.3 Å². The summed E-state index contributed by atoms with van der Waals surface area (Å²) in [4.78, 5) is 10.8. The topological polar surface area (TPSA) is 52.3 Å². The summed E-state index contributed by atoms with van der Waals surface area (Å²) < 4.78 is 89.4. The van der Waals surface area contributed by atoms with Crippen LogP contribution in [0.3, 0.4) is 0 Å². The second-order valence-electron chi connectivity index (χ2n) is 3.58. The molecule has 2 N–H and O–H groups in total. The van der Waals surface area contributed by atoms with E-state index in [-0.39, 0.29) is 6.07 Å². The largest absolute Gasteiger partial charge is 0.457 e. The predicted octanol–water partition coefficient (Wildman–Crippen LogP) is 3.04. The minimum atomic E-state index is -5.42. The van der Waals surface area contributed by atoms with E-state index in [1.54, 1.807) is 0 Å². The van der Waals surface area contributed by atoms with Crippen LogP contribution in [0.1, 0.15) is 15.9 Å². The Bertz CT molecular complexity index is 509. The van der Waals surface area contributed by atoms with E-state index in [2.05, 4.69) is 4.74 Å². The summed E-state index contributed by atoms with van der Waals surface area (Å²) in [6, 6.07) is 0.927. The van der Waals surface area contributed by atoms with Crippen molar-refractivity contribution in [2.75, 3.05) is 0 Å². The van der Waals surface area contributed by atoms with Crippen molar-refractivity contribution in [3.63, 3.8) is 0 Å². The Kier molecular flexibility index (Phi) is 4.15. The predicted molar refractivity (Wildman–Crippen MR) is 51.5 cm³/mol. The molecular weight excluding hydrogens is 299 g/mol. The van der Waals surface area contributed by atoms with Crippen LogP contribution in [-0.4, -0.2) is 18.4 Å². The number of benzene rings is 1. The van der Waals surface area contributed by atoms with E-state index >= 15 is 0 Å². The molecule has 0 fully saturated rings. The Morgan fingerprint density at radius 2 is 1.65 bits per heavy atom. The van der Waals surface area contributed by atoms with Crippen LogP contribution in [0, 0.1) is 0 Å². The molecule has 1 rings (SSSR count). The summed E-state index contributed by atoms with van der Waals surface area (Å²) in [5.74, 6) is -2.44. The average molecular weight is 305 g/mol. The van der Waals surface area contributed by atoms with Gasteiger partial charge in [-0.1, -0.05) is 0 Å². The summed E-state index contributed by atoms with van der Waals surface area (Å²) >= 11 is 0. The summed E-state index contributed by atoms with van der Waals surface area (Å²) in [7, 11) is 0. The number of nitrogens with two attached hydrogens (primary N) is 1. The fourth-order valence-electron chi connectivity index (χ4n) is 1.16. The first-order valence-electron chi connectivity index (χ1n) is 4.81. The normalized spacial score (nSPS) is 13.9. The fraction of sp³-hybridized carbons (Fsp3) is 0.300. The molecule has 0 saturated carbocycles. The minimum absolute atomic E-state index is 0.130. The van der Waals surface area contributed by atoms with Gasteiger partial charge >= 0.3 is 18.7 Å². The van der Waals surface area contributed by atoms with Crippen molar-refractivity contribution in [1.82, 2.24) is 0 Å². The van der Waals surface area contributed by atoms with Gasteiger partial charge in [-0.15, -0.1) is 0 Å². The lowest BCUT2D eigenvalue weighted by molar-refractivity contribution is -0.236. The number of hydrogen-bond acceptors (Lipinski definition) is 2. The Morgan fingerprint density at radius 3 is 2.05 bits per heavy atom. The second kappa shape index (κ2) is 5.17.